The second-order valence-corrected chi connectivity index (χ2v) is 6.05. The van der Waals surface area contributed by atoms with E-state index in [9.17, 15) is 14.9 Å². The van der Waals surface area contributed by atoms with Gasteiger partial charge in [0.05, 0.1) is 10.6 Å². The summed E-state index contributed by atoms with van der Waals surface area (Å²) in [5.74, 6) is -0.376. The van der Waals surface area contributed by atoms with Gasteiger partial charge in [-0.1, -0.05) is 0 Å². The average Bonchev–Trinajstić information content (AvgIpc) is 3.22. The maximum absolute atomic E-state index is 12.5. The number of hydrogen-bond donors (Lipinski definition) is 1. The Kier molecular flexibility index (Phi) is 4.79. The first-order valence-electron chi connectivity index (χ1n) is 8.22. The molecule has 134 valence electrons. The Morgan fingerprint density at radius 1 is 1.36 bits per heavy atom. The van der Waals surface area contributed by atoms with Crippen molar-refractivity contribution in [2.24, 2.45) is 0 Å². The van der Waals surface area contributed by atoms with Crippen molar-refractivity contribution in [2.75, 3.05) is 26.2 Å². The number of carbonyl (C=O) groups excluding carboxylic acids is 1. The Morgan fingerprint density at radius 3 is 2.68 bits per heavy atom. The number of carbonyl (C=O) groups is 1. The molecule has 2 aromatic heterocycles. The van der Waals surface area contributed by atoms with Gasteiger partial charge in [-0.3, -0.25) is 29.6 Å². The zero-order valence-corrected chi connectivity index (χ0v) is 14.3. The van der Waals surface area contributed by atoms with Crippen LogP contribution >= 0.6 is 0 Å². The van der Waals surface area contributed by atoms with Crippen LogP contribution in [0.4, 0.5) is 5.69 Å². The summed E-state index contributed by atoms with van der Waals surface area (Å²) in [4.78, 5) is 26.7. The van der Waals surface area contributed by atoms with Crippen LogP contribution in [0.25, 0.3) is 0 Å². The molecule has 3 rings (SSSR count). The molecule has 0 aliphatic carbocycles. The predicted octanol–water partition coefficient (Wildman–Crippen LogP) is 0.801. The number of aryl methyl sites for hydroxylation is 2. The van der Waals surface area contributed by atoms with Gasteiger partial charge in [0.1, 0.15) is 6.20 Å². The minimum absolute atomic E-state index is 0.0569. The summed E-state index contributed by atoms with van der Waals surface area (Å²) in [6, 6.07) is 0. The molecule has 3 heterocycles. The van der Waals surface area contributed by atoms with Gasteiger partial charge < -0.3 is 4.90 Å². The summed E-state index contributed by atoms with van der Waals surface area (Å²) in [6.07, 6.45) is 3.12. The fourth-order valence-corrected chi connectivity index (χ4v) is 2.96. The zero-order valence-electron chi connectivity index (χ0n) is 14.3. The number of aromatic amines is 1. The van der Waals surface area contributed by atoms with Gasteiger partial charge in [0.2, 0.25) is 5.69 Å². The standard InChI is InChI=1S/C15H21N7O3/c1-3-21-10-12(11(2)18-21)9-19-4-6-20(7-5-19)15(23)14-13(22(24)25)8-16-17-14/h8,10H,3-7,9H2,1-2H3,(H,16,17). The molecule has 0 spiro atoms. The third-order valence-corrected chi connectivity index (χ3v) is 4.46. The molecule has 10 nitrogen and oxygen atoms in total. The maximum atomic E-state index is 12.5. The van der Waals surface area contributed by atoms with Crippen molar-refractivity contribution < 1.29 is 9.72 Å². The van der Waals surface area contributed by atoms with Crippen LogP contribution in [0.3, 0.4) is 0 Å². The van der Waals surface area contributed by atoms with Crippen molar-refractivity contribution in [3.8, 4) is 0 Å². The lowest BCUT2D eigenvalue weighted by Crippen LogP contribution is -2.48. The second kappa shape index (κ2) is 7.01. The van der Waals surface area contributed by atoms with Crippen LogP contribution in [0, 0.1) is 17.0 Å². The molecule has 2 aromatic rings. The lowest BCUT2D eigenvalue weighted by atomic mass is 10.2. The first-order valence-corrected chi connectivity index (χ1v) is 8.22. The predicted molar refractivity (Wildman–Crippen MR) is 89.1 cm³/mol. The molecule has 0 aromatic carbocycles. The summed E-state index contributed by atoms with van der Waals surface area (Å²) in [6.45, 7) is 8.15. The van der Waals surface area contributed by atoms with Crippen molar-refractivity contribution in [2.45, 2.75) is 26.9 Å². The minimum atomic E-state index is -0.596. The second-order valence-electron chi connectivity index (χ2n) is 6.05. The normalized spacial score (nSPS) is 15.5. The molecule has 1 aliphatic rings. The molecule has 25 heavy (non-hydrogen) atoms. The highest BCUT2D eigenvalue weighted by molar-refractivity contribution is 5.96. The van der Waals surface area contributed by atoms with Crippen LogP contribution in [-0.4, -0.2) is 66.8 Å². The van der Waals surface area contributed by atoms with Crippen molar-refractivity contribution in [1.82, 2.24) is 29.8 Å². The van der Waals surface area contributed by atoms with E-state index in [4.69, 9.17) is 0 Å². The first-order chi connectivity index (χ1) is 12.0. The van der Waals surface area contributed by atoms with Gasteiger partial charge in [0.25, 0.3) is 5.91 Å². The van der Waals surface area contributed by atoms with Crippen LogP contribution in [0.5, 0.6) is 0 Å². The fraction of sp³-hybridized carbons (Fsp3) is 0.533. The number of hydrogen-bond acceptors (Lipinski definition) is 6. The van der Waals surface area contributed by atoms with Crippen LogP contribution in [0.1, 0.15) is 28.7 Å². The van der Waals surface area contributed by atoms with Crippen LogP contribution in [-0.2, 0) is 13.1 Å². The summed E-state index contributed by atoms with van der Waals surface area (Å²) in [5, 5.41) is 21.5. The molecule has 0 radical (unpaired) electrons. The Morgan fingerprint density at radius 2 is 2.08 bits per heavy atom. The molecular formula is C15H21N7O3. The third kappa shape index (κ3) is 3.53. The quantitative estimate of drug-likeness (QED) is 0.632. The van der Waals surface area contributed by atoms with E-state index < -0.39 is 4.92 Å². The maximum Gasteiger partial charge on any atom is 0.319 e. The number of amides is 1. The number of rotatable bonds is 5. The van der Waals surface area contributed by atoms with Crippen LogP contribution in [0.2, 0.25) is 0 Å². The molecule has 1 saturated heterocycles. The van der Waals surface area contributed by atoms with Gasteiger partial charge >= 0.3 is 5.69 Å². The van der Waals surface area contributed by atoms with E-state index in [0.717, 1.165) is 25.0 Å². The number of nitrogens with zero attached hydrogens (tertiary/aromatic N) is 6. The Hall–Kier alpha value is -2.75. The van der Waals surface area contributed by atoms with Crippen LogP contribution < -0.4 is 0 Å². The van der Waals surface area contributed by atoms with E-state index >= 15 is 0 Å². The van der Waals surface area contributed by atoms with Gasteiger partial charge in [-0.05, 0) is 13.8 Å². The smallest absolute Gasteiger partial charge is 0.319 e. The highest BCUT2D eigenvalue weighted by Crippen LogP contribution is 2.18. The molecule has 0 unspecified atom stereocenters. The minimum Gasteiger partial charge on any atom is -0.335 e. The van der Waals surface area contributed by atoms with Crippen molar-refractivity contribution in [3.63, 3.8) is 0 Å². The molecule has 1 fully saturated rings. The highest BCUT2D eigenvalue weighted by atomic mass is 16.6. The topological polar surface area (TPSA) is 113 Å². The molecule has 1 N–H and O–H groups in total. The van der Waals surface area contributed by atoms with Crippen molar-refractivity contribution >= 4 is 11.6 Å². The number of nitro groups is 1. The number of piperazine rings is 1. The summed E-state index contributed by atoms with van der Waals surface area (Å²) >= 11 is 0. The highest BCUT2D eigenvalue weighted by Gasteiger charge is 2.29. The molecule has 1 aliphatic heterocycles. The number of aromatic nitrogens is 4. The zero-order chi connectivity index (χ0) is 18.0. The Balaban J connectivity index is 1.59. The van der Waals surface area contributed by atoms with E-state index in [0.29, 0.717) is 26.2 Å². The summed E-state index contributed by atoms with van der Waals surface area (Å²) in [7, 11) is 0. The molecule has 10 heteroatoms. The van der Waals surface area contributed by atoms with E-state index in [1.165, 1.54) is 5.56 Å². The van der Waals surface area contributed by atoms with Gasteiger partial charge in [-0.2, -0.15) is 10.2 Å². The number of H-pyrrole nitrogens is 1. The van der Waals surface area contributed by atoms with Crippen molar-refractivity contribution in [1.29, 1.82) is 0 Å². The SMILES string of the molecule is CCn1cc(CN2CCN(C(=O)c3[nH]ncc3[N+](=O)[O-])CC2)c(C)n1. The number of nitrogens with one attached hydrogen (secondary N) is 1. The van der Waals surface area contributed by atoms with Gasteiger partial charge in [-0.15, -0.1) is 0 Å². The summed E-state index contributed by atoms with van der Waals surface area (Å²) < 4.78 is 1.92. The van der Waals surface area contributed by atoms with Crippen LogP contribution in [0.15, 0.2) is 12.4 Å². The van der Waals surface area contributed by atoms with E-state index in [2.05, 4.69) is 33.3 Å². The third-order valence-electron chi connectivity index (χ3n) is 4.46. The lowest BCUT2D eigenvalue weighted by molar-refractivity contribution is -0.385. The van der Waals surface area contributed by atoms with E-state index in [-0.39, 0.29) is 17.3 Å². The Bertz CT molecular complexity index is 774. The van der Waals surface area contributed by atoms with E-state index in [1.807, 2.05) is 11.6 Å². The first kappa shape index (κ1) is 17.1. The molecule has 1 amide bonds. The van der Waals surface area contributed by atoms with Crippen molar-refractivity contribution in [3.05, 3.63) is 39.5 Å². The molecule has 0 saturated carbocycles. The average molecular weight is 347 g/mol. The monoisotopic (exact) mass is 347 g/mol. The van der Waals surface area contributed by atoms with Gasteiger partial charge in [-0.25, -0.2) is 0 Å². The molecular weight excluding hydrogens is 326 g/mol. The van der Waals surface area contributed by atoms with Gasteiger partial charge in [0.15, 0.2) is 0 Å². The summed E-state index contributed by atoms with van der Waals surface area (Å²) in [5.41, 5.74) is 1.87. The molecule has 0 bridgehead atoms. The molecule has 0 atom stereocenters. The largest absolute Gasteiger partial charge is 0.335 e. The van der Waals surface area contributed by atoms with Gasteiger partial charge in [0, 0.05) is 51.0 Å². The lowest BCUT2D eigenvalue weighted by Gasteiger charge is -2.34. The van der Waals surface area contributed by atoms with E-state index in [1.54, 1.807) is 4.90 Å². The Labute approximate surface area is 144 Å². The fourth-order valence-electron chi connectivity index (χ4n) is 2.96.